The second kappa shape index (κ2) is 7.99. The van der Waals surface area contributed by atoms with Crippen molar-refractivity contribution in [3.63, 3.8) is 0 Å². The van der Waals surface area contributed by atoms with Crippen molar-refractivity contribution in [3.8, 4) is 0 Å². The number of hydrogen-bond donors (Lipinski definition) is 1. The fourth-order valence-electron chi connectivity index (χ4n) is 3.71. The summed E-state index contributed by atoms with van der Waals surface area (Å²) in [5.41, 5.74) is 0.409. The lowest BCUT2D eigenvalue weighted by molar-refractivity contribution is -0.120. The monoisotopic (exact) mass is 347 g/mol. The number of carbonyl (C=O) groups excluding carboxylic acids is 2. The highest BCUT2D eigenvalue weighted by Gasteiger charge is 2.26. The highest BCUT2D eigenvalue weighted by Crippen LogP contribution is 2.25. The van der Waals surface area contributed by atoms with E-state index < -0.39 is 0 Å². The van der Waals surface area contributed by atoms with Gasteiger partial charge < -0.3 is 15.1 Å². The van der Waals surface area contributed by atoms with Gasteiger partial charge in [0.2, 0.25) is 5.91 Å². The number of piperazine rings is 1. The van der Waals surface area contributed by atoms with Crippen LogP contribution in [0, 0.1) is 5.92 Å². The molecule has 3 rings (SSSR count). The van der Waals surface area contributed by atoms with Crippen molar-refractivity contribution < 1.29 is 9.59 Å². The molecule has 0 radical (unpaired) electrons. The molecule has 1 saturated heterocycles. The molecule has 0 unspecified atom stereocenters. The molecule has 1 aliphatic heterocycles. The average molecular weight is 347 g/mol. The SMILES string of the molecule is CCN1CCN(C(=O)c2cc(NC(=O)C3CCCCC3)n(C)n2)CC1. The van der Waals surface area contributed by atoms with Gasteiger partial charge in [-0.3, -0.25) is 14.3 Å². The molecule has 2 amide bonds. The first-order valence-electron chi connectivity index (χ1n) is 9.45. The smallest absolute Gasteiger partial charge is 0.274 e. The Morgan fingerprint density at radius 2 is 1.84 bits per heavy atom. The zero-order valence-electron chi connectivity index (χ0n) is 15.3. The van der Waals surface area contributed by atoms with Gasteiger partial charge in [-0.05, 0) is 19.4 Å². The predicted octanol–water partition coefficient (Wildman–Crippen LogP) is 1.72. The molecule has 138 valence electrons. The number of carbonyl (C=O) groups is 2. The minimum absolute atomic E-state index is 0.0514. The van der Waals surface area contributed by atoms with E-state index in [1.54, 1.807) is 17.8 Å². The third-order valence-corrected chi connectivity index (χ3v) is 5.43. The molecule has 2 heterocycles. The third-order valence-electron chi connectivity index (χ3n) is 5.43. The van der Waals surface area contributed by atoms with Crippen LogP contribution in [0.1, 0.15) is 49.5 Å². The molecule has 2 fully saturated rings. The van der Waals surface area contributed by atoms with Gasteiger partial charge in [-0.15, -0.1) is 0 Å². The van der Waals surface area contributed by atoms with Crippen molar-refractivity contribution in [2.45, 2.75) is 39.0 Å². The maximum Gasteiger partial charge on any atom is 0.274 e. The summed E-state index contributed by atoms with van der Waals surface area (Å²) < 4.78 is 1.59. The van der Waals surface area contributed by atoms with E-state index in [0.717, 1.165) is 58.4 Å². The lowest BCUT2D eigenvalue weighted by atomic mass is 9.89. The van der Waals surface area contributed by atoms with Crippen molar-refractivity contribution in [1.29, 1.82) is 0 Å². The van der Waals surface area contributed by atoms with Crippen LogP contribution in [0.2, 0.25) is 0 Å². The number of nitrogens with zero attached hydrogens (tertiary/aromatic N) is 4. The second-order valence-corrected chi connectivity index (χ2v) is 7.09. The average Bonchev–Trinajstić information content (AvgIpc) is 3.02. The standard InChI is InChI=1S/C18H29N5O2/c1-3-22-9-11-23(12-10-22)18(25)15-13-16(21(2)20-15)19-17(24)14-7-5-4-6-8-14/h13-14H,3-12H2,1-2H3,(H,19,24). The summed E-state index contributed by atoms with van der Waals surface area (Å²) >= 11 is 0. The van der Waals surface area contributed by atoms with Crippen molar-refractivity contribution >= 4 is 17.6 Å². The molecular formula is C18H29N5O2. The van der Waals surface area contributed by atoms with Crippen LogP contribution >= 0.6 is 0 Å². The number of aromatic nitrogens is 2. The topological polar surface area (TPSA) is 70.5 Å². The molecule has 0 aromatic carbocycles. The van der Waals surface area contributed by atoms with Crippen molar-refractivity contribution in [2.75, 3.05) is 38.0 Å². The van der Waals surface area contributed by atoms with Gasteiger partial charge in [0.05, 0.1) is 0 Å². The molecule has 7 heteroatoms. The molecule has 1 N–H and O–H groups in total. The normalized spacial score (nSPS) is 19.8. The van der Waals surface area contributed by atoms with E-state index in [0.29, 0.717) is 11.5 Å². The first kappa shape index (κ1) is 17.9. The van der Waals surface area contributed by atoms with E-state index in [4.69, 9.17) is 0 Å². The molecular weight excluding hydrogens is 318 g/mol. The number of likely N-dealkylation sites (N-methyl/N-ethyl adjacent to an activating group) is 1. The summed E-state index contributed by atoms with van der Waals surface area (Å²) in [6.45, 7) is 6.42. The van der Waals surface area contributed by atoms with E-state index in [2.05, 4.69) is 22.2 Å². The molecule has 25 heavy (non-hydrogen) atoms. The maximum atomic E-state index is 12.7. The van der Waals surface area contributed by atoms with Gasteiger partial charge in [-0.1, -0.05) is 26.2 Å². The third kappa shape index (κ3) is 4.21. The highest BCUT2D eigenvalue weighted by atomic mass is 16.2. The molecule has 0 bridgehead atoms. The first-order chi connectivity index (χ1) is 12.1. The number of hydrogen-bond acceptors (Lipinski definition) is 4. The quantitative estimate of drug-likeness (QED) is 0.900. The van der Waals surface area contributed by atoms with Gasteiger partial charge >= 0.3 is 0 Å². The lowest BCUT2D eigenvalue weighted by Crippen LogP contribution is -2.48. The number of aryl methyl sites for hydroxylation is 1. The van der Waals surface area contributed by atoms with Crippen LogP contribution in [-0.2, 0) is 11.8 Å². The molecule has 0 atom stereocenters. The summed E-state index contributed by atoms with van der Waals surface area (Å²) in [4.78, 5) is 29.3. The Balaban J connectivity index is 1.61. The molecule has 2 aliphatic rings. The van der Waals surface area contributed by atoms with Crippen LogP contribution < -0.4 is 5.32 Å². The Hall–Kier alpha value is -1.89. The molecule has 7 nitrogen and oxygen atoms in total. The maximum absolute atomic E-state index is 12.7. The van der Waals surface area contributed by atoms with Crippen LogP contribution in [0.5, 0.6) is 0 Å². The zero-order valence-corrected chi connectivity index (χ0v) is 15.3. The Morgan fingerprint density at radius 3 is 2.48 bits per heavy atom. The molecule has 1 aliphatic carbocycles. The van der Waals surface area contributed by atoms with Crippen LogP contribution in [0.15, 0.2) is 6.07 Å². The van der Waals surface area contributed by atoms with Crippen molar-refractivity contribution in [2.24, 2.45) is 13.0 Å². The van der Waals surface area contributed by atoms with E-state index >= 15 is 0 Å². The second-order valence-electron chi connectivity index (χ2n) is 7.09. The first-order valence-corrected chi connectivity index (χ1v) is 9.45. The van der Waals surface area contributed by atoms with E-state index in [9.17, 15) is 9.59 Å². The molecule has 1 aromatic heterocycles. The number of rotatable bonds is 4. The van der Waals surface area contributed by atoms with Gasteiger partial charge in [0.15, 0.2) is 5.69 Å². The Bertz CT molecular complexity index is 613. The van der Waals surface area contributed by atoms with E-state index in [1.165, 1.54) is 6.42 Å². The van der Waals surface area contributed by atoms with E-state index in [1.807, 2.05) is 4.90 Å². The Kier molecular flexibility index (Phi) is 5.73. The van der Waals surface area contributed by atoms with Gasteiger partial charge in [0.25, 0.3) is 5.91 Å². The summed E-state index contributed by atoms with van der Waals surface area (Å²) in [5.74, 6) is 0.693. The molecule has 1 saturated carbocycles. The van der Waals surface area contributed by atoms with Gasteiger partial charge in [0.1, 0.15) is 5.82 Å². The van der Waals surface area contributed by atoms with Crippen molar-refractivity contribution in [3.05, 3.63) is 11.8 Å². The number of nitrogens with one attached hydrogen (secondary N) is 1. The fraction of sp³-hybridized carbons (Fsp3) is 0.722. The van der Waals surface area contributed by atoms with Crippen molar-refractivity contribution in [1.82, 2.24) is 19.6 Å². The van der Waals surface area contributed by atoms with Crippen LogP contribution in [-0.4, -0.2) is 64.1 Å². The van der Waals surface area contributed by atoms with Gasteiger partial charge in [-0.25, -0.2) is 0 Å². The van der Waals surface area contributed by atoms with Gasteiger partial charge in [-0.2, -0.15) is 5.10 Å². The summed E-state index contributed by atoms with van der Waals surface area (Å²) in [7, 11) is 1.77. The Morgan fingerprint density at radius 1 is 1.16 bits per heavy atom. The van der Waals surface area contributed by atoms with E-state index in [-0.39, 0.29) is 17.7 Å². The lowest BCUT2D eigenvalue weighted by Gasteiger charge is -2.33. The Labute approximate surface area is 149 Å². The predicted molar refractivity (Wildman–Crippen MR) is 96.4 cm³/mol. The van der Waals surface area contributed by atoms with Gasteiger partial charge in [0, 0.05) is 45.2 Å². The minimum atomic E-state index is -0.0514. The number of amides is 2. The highest BCUT2D eigenvalue weighted by molar-refractivity contribution is 5.96. The minimum Gasteiger partial charge on any atom is -0.335 e. The van der Waals surface area contributed by atoms with Crippen LogP contribution in [0.25, 0.3) is 0 Å². The fourth-order valence-corrected chi connectivity index (χ4v) is 3.71. The summed E-state index contributed by atoms with van der Waals surface area (Å²) in [5, 5.41) is 7.28. The summed E-state index contributed by atoms with van der Waals surface area (Å²) in [6.07, 6.45) is 5.38. The zero-order chi connectivity index (χ0) is 17.8. The van der Waals surface area contributed by atoms with Crippen LogP contribution in [0.4, 0.5) is 5.82 Å². The largest absolute Gasteiger partial charge is 0.335 e. The van der Waals surface area contributed by atoms with Crippen LogP contribution in [0.3, 0.4) is 0 Å². The molecule has 1 aromatic rings. The summed E-state index contributed by atoms with van der Waals surface area (Å²) in [6, 6.07) is 1.70. The number of anilines is 1. The molecule has 0 spiro atoms.